The molecule has 3 heterocycles. The van der Waals surface area contributed by atoms with Gasteiger partial charge in [0.05, 0.1) is 17.0 Å². The van der Waals surface area contributed by atoms with Gasteiger partial charge in [-0.1, -0.05) is 35.5 Å². The average molecular weight is 387 g/mol. The van der Waals surface area contributed by atoms with Crippen molar-refractivity contribution < 1.29 is 22.8 Å². The first-order valence-corrected chi connectivity index (χ1v) is 9.80. The summed E-state index contributed by atoms with van der Waals surface area (Å²) in [6.45, 7) is 1.63. The number of hydrogen-bond acceptors (Lipinski definition) is 6. The normalized spacial score (nSPS) is 20.9. The lowest BCUT2D eigenvalue weighted by molar-refractivity contribution is -0.146. The van der Waals surface area contributed by atoms with Crippen LogP contribution in [0.3, 0.4) is 0 Å². The molecule has 0 radical (unpaired) electrons. The van der Waals surface area contributed by atoms with Crippen molar-refractivity contribution in [1.29, 1.82) is 0 Å². The van der Waals surface area contributed by atoms with Crippen LogP contribution >= 0.6 is 0 Å². The lowest BCUT2D eigenvalue weighted by atomic mass is 9.90. The van der Waals surface area contributed by atoms with Crippen LogP contribution in [0.4, 0.5) is 0 Å². The predicted octanol–water partition coefficient (Wildman–Crippen LogP) is 2.38. The monoisotopic (exact) mass is 387 g/mol. The van der Waals surface area contributed by atoms with E-state index in [-0.39, 0.29) is 30.1 Å². The molecule has 1 N–H and O–H groups in total. The highest BCUT2D eigenvalue weighted by molar-refractivity contribution is 7.89. The lowest BCUT2D eigenvalue weighted by Gasteiger charge is -2.19. The van der Waals surface area contributed by atoms with Gasteiger partial charge in [0.15, 0.2) is 0 Å². The first-order chi connectivity index (χ1) is 12.8. The van der Waals surface area contributed by atoms with E-state index in [2.05, 4.69) is 10.1 Å². The third-order valence-corrected chi connectivity index (χ3v) is 6.75. The van der Waals surface area contributed by atoms with E-state index in [1.165, 1.54) is 16.6 Å². The number of aromatic nitrogens is 2. The molecule has 0 aliphatic carbocycles. The molecule has 1 saturated heterocycles. The van der Waals surface area contributed by atoms with Crippen molar-refractivity contribution in [3.8, 4) is 11.3 Å². The van der Waals surface area contributed by atoms with Crippen molar-refractivity contribution in [2.75, 3.05) is 13.1 Å². The fraction of sp³-hybridized carbons (Fsp3) is 0.278. The van der Waals surface area contributed by atoms with Gasteiger partial charge in [0.2, 0.25) is 10.0 Å². The number of fused-ring (bicyclic) bond motifs is 1. The molecule has 1 atom stereocenters. The van der Waals surface area contributed by atoms with Crippen molar-refractivity contribution in [2.24, 2.45) is 5.41 Å². The van der Waals surface area contributed by atoms with Gasteiger partial charge in [-0.15, -0.1) is 0 Å². The summed E-state index contributed by atoms with van der Waals surface area (Å²) in [4.78, 5) is 15.5. The summed E-state index contributed by atoms with van der Waals surface area (Å²) in [5, 5.41) is 13.8. The summed E-state index contributed by atoms with van der Waals surface area (Å²) in [5.41, 5.74) is 0.445. The van der Waals surface area contributed by atoms with E-state index in [0.717, 1.165) is 5.56 Å². The molecule has 9 heteroatoms. The predicted molar refractivity (Wildman–Crippen MR) is 96.4 cm³/mol. The van der Waals surface area contributed by atoms with Gasteiger partial charge < -0.3 is 9.63 Å². The number of rotatable bonds is 4. The zero-order chi connectivity index (χ0) is 19.2. The maximum Gasteiger partial charge on any atom is 0.310 e. The summed E-state index contributed by atoms with van der Waals surface area (Å²) in [7, 11) is -3.87. The van der Waals surface area contributed by atoms with E-state index in [1.54, 1.807) is 6.92 Å². The van der Waals surface area contributed by atoms with E-state index in [0.29, 0.717) is 11.1 Å². The highest BCUT2D eigenvalue weighted by Gasteiger charge is 2.45. The molecule has 0 spiro atoms. The Morgan fingerprint density at radius 2 is 2.04 bits per heavy atom. The van der Waals surface area contributed by atoms with Crippen molar-refractivity contribution in [3.05, 3.63) is 42.6 Å². The smallest absolute Gasteiger partial charge is 0.310 e. The highest BCUT2D eigenvalue weighted by atomic mass is 32.2. The molecule has 8 nitrogen and oxygen atoms in total. The molecule has 1 unspecified atom stereocenters. The lowest BCUT2D eigenvalue weighted by Crippen LogP contribution is -2.34. The summed E-state index contributed by atoms with van der Waals surface area (Å²) >= 11 is 0. The minimum Gasteiger partial charge on any atom is -0.481 e. The van der Waals surface area contributed by atoms with E-state index in [9.17, 15) is 18.3 Å². The zero-order valence-electron chi connectivity index (χ0n) is 14.5. The minimum absolute atomic E-state index is 0.00924. The molecule has 0 saturated carbocycles. The van der Waals surface area contributed by atoms with Gasteiger partial charge in [0, 0.05) is 18.7 Å². The summed E-state index contributed by atoms with van der Waals surface area (Å²) in [6.07, 6.45) is 1.48. The van der Waals surface area contributed by atoms with Gasteiger partial charge >= 0.3 is 5.97 Å². The Balaban J connectivity index is 1.75. The number of pyridine rings is 1. The molecule has 1 aliphatic rings. The summed E-state index contributed by atoms with van der Waals surface area (Å²) < 4.78 is 32.4. The first-order valence-electron chi connectivity index (χ1n) is 8.36. The molecule has 0 bridgehead atoms. The number of hydrogen-bond donors (Lipinski definition) is 1. The fourth-order valence-electron chi connectivity index (χ4n) is 3.21. The van der Waals surface area contributed by atoms with Gasteiger partial charge in [0.1, 0.15) is 10.6 Å². The van der Waals surface area contributed by atoms with Crippen LogP contribution in [0.25, 0.3) is 22.4 Å². The van der Waals surface area contributed by atoms with Crippen LogP contribution in [0.15, 0.2) is 52.0 Å². The van der Waals surface area contributed by atoms with Crippen molar-refractivity contribution in [1.82, 2.24) is 14.4 Å². The second-order valence-electron chi connectivity index (χ2n) is 6.88. The van der Waals surface area contributed by atoms with Gasteiger partial charge in [-0.3, -0.25) is 4.79 Å². The quantitative estimate of drug-likeness (QED) is 0.731. The number of benzene rings is 1. The molecule has 1 aromatic carbocycles. The van der Waals surface area contributed by atoms with Gasteiger partial charge in [-0.2, -0.15) is 4.31 Å². The molecule has 2 aromatic heterocycles. The number of aliphatic carboxylic acids is 1. The first kappa shape index (κ1) is 17.6. The van der Waals surface area contributed by atoms with Gasteiger partial charge in [-0.05, 0) is 19.4 Å². The van der Waals surface area contributed by atoms with Crippen LogP contribution in [0.2, 0.25) is 0 Å². The molecule has 0 amide bonds. The van der Waals surface area contributed by atoms with Crippen LogP contribution < -0.4 is 0 Å². The number of carbonyl (C=O) groups is 1. The van der Waals surface area contributed by atoms with E-state index < -0.39 is 21.4 Å². The Bertz CT molecular complexity index is 1130. The van der Waals surface area contributed by atoms with E-state index in [4.69, 9.17) is 4.52 Å². The van der Waals surface area contributed by atoms with Gasteiger partial charge in [-0.25, -0.2) is 13.4 Å². The SMILES string of the molecule is CC1(C(=O)O)CCN(S(=O)(=O)c2cnc3onc(-c4ccccc4)c3c2)C1. The van der Waals surface area contributed by atoms with Crippen LogP contribution in [0.1, 0.15) is 13.3 Å². The molecule has 3 aromatic rings. The van der Waals surface area contributed by atoms with Gasteiger partial charge in [0.25, 0.3) is 5.71 Å². The molecule has 27 heavy (non-hydrogen) atoms. The Morgan fingerprint density at radius 1 is 1.30 bits per heavy atom. The average Bonchev–Trinajstić information content (AvgIpc) is 3.27. The Kier molecular flexibility index (Phi) is 4.01. The van der Waals surface area contributed by atoms with Crippen molar-refractivity contribution >= 4 is 27.1 Å². The second-order valence-corrected chi connectivity index (χ2v) is 8.81. The summed E-state index contributed by atoms with van der Waals surface area (Å²) in [5.74, 6) is -1.00. The van der Waals surface area contributed by atoms with Crippen LogP contribution in [-0.2, 0) is 14.8 Å². The van der Waals surface area contributed by atoms with Crippen molar-refractivity contribution in [3.63, 3.8) is 0 Å². The molecule has 4 rings (SSSR count). The van der Waals surface area contributed by atoms with Crippen LogP contribution in [-0.4, -0.2) is 47.0 Å². The van der Waals surface area contributed by atoms with E-state index >= 15 is 0 Å². The topological polar surface area (TPSA) is 114 Å². The Hall–Kier alpha value is -2.78. The fourth-order valence-corrected chi connectivity index (χ4v) is 4.74. The van der Waals surface area contributed by atoms with Crippen molar-refractivity contribution in [2.45, 2.75) is 18.2 Å². The largest absolute Gasteiger partial charge is 0.481 e. The molecule has 140 valence electrons. The standard InChI is InChI=1S/C18H17N3O5S/c1-18(17(22)23)7-8-21(11-18)27(24,25)13-9-14-15(12-5-3-2-4-6-12)20-26-16(14)19-10-13/h2-6,9-10H,7-8,11H2,1H3,(H,22,23). The number of carboxylic acids is 1. The zero-order valence-corrected chi connectivity index (χ0v) is 15.3. The van der Waals surface area contributed by atoms with E-state index in [1.807, 2.05) is 30.3 Å². The minimum atomic E-state index is -3.87. The van der Waals surface area contributed by atoms with Crippen LogP contribution in [0, 0.1) is 5.41 Å². The maximum atomic E-state index is 13.0. The highest BCUT2D eigenvalue weighted by Crippen LogP contribution is 2.35. The molecular formula is C18H17N3O5S. The third-order valence-electron chi connectivity index (χ3n) is 4.94. The van der Waals surface area contributed by atoms with Crippen LogP contribution in [0.5, 0.6) is 0 Å². The number of carboxylic acid groups (broad SMARTS) is 1. The number of nitrogens with zero attached hydrogens (tertiary/aromatic N) is 3. The Labute approximate surface area is 155 Å². The number of sulfonamides is 1. The maximum absolute atomic E-state index is 13.0. The molecule has 1 aliphatic heterocycles. The molecular weight excluding hydrogens is 370 g/mol. The Morgan fingerprint density at radius 3 is 2.70 bits per heavy atom. The third kappa shape index (κ3) is 2.88. The second kappa shape index (κ2) is 6.14. The molecule has 1 fully saturated rings. The summed E-state index contributed by atoms with van der Waals surface area (Å²) in [6, 6.07) is 10.7.